The predicted octanol–water partition coefficient (Wildman–Crippen LogP) is 1.40. The van der Waals surface area contributed by atoms with E-state index in [4.69, 9.17) is 0 Å². The van der Waals surface area contributed by atoms with Crippen LogP contribution in [0.15, 0.2) is 24.3 Å². The molecule has 0 bridgehead atoms. The fourth-order valence-corrected chi connectivity index (χ4v) is 4.10. The Morgan fingerprint density at radius 2 is 1.81 bits per heavy atom. The molecule has 4 rings (SSSR count). The summed E-state index contributed by atoms with van der Waals surface area (Å²) in [5, 5.41) is 0. The van der Waals surface area contributed by atoms with Crippen molar-refractivity contribution in [1.29, 1.82) is 0 Å². The molecule has 1 saturated carbocycles. The molecule has 2 saturated heterocycles. The van der Waals surface area contributed by atoms with Crippen LogP contribution >= 0.6 is 0 Å². The van der Waals surface area contributed by atoms with Crippen LogP contribution in [0, 0.1) is 11.7 Å². The van der Waals surface area contributed by atoms with Crippen molar-refractivity contribution < 1.29 is 18.8 Å². The van der Waals surface area contributed by atoms with E-state index in [1.54, 1.807) is 21.9 Å². The molecule has 0 spiro atoms. The maximum Gasteiger partial charge on any atom is 0.247 e. The molecule has 144 valence electrons. The van der Waals surface area contributed by atoms with Gasteiger partial charge in [-0.15, -0.1) is 0 Å². The van der Waals surface area contributed by atoms with Gasteiger partial charge in [-0.05, 0) is 37.0 Å². The van der Waals surface area contributed by atoms with Crippen LogP contribution in [-0.2, 0) is 20.9 Å². The molecule has 2 aliphatic heterocycles. The van der Waals surface area contributed by atoms with E-state index >= 15 is 0 Å². The highest BCUT2D eigenvalue weighted by Gasteiger charge is 2.43. The van der Waals surface area contributed by atoms with E-state index in [2.05, 4.69) is 0 Å². The molecule has 3 fully saturated rings. The Bertz CT molecular complexity index is 747. The second-order valence-electron chi connectivity index (χ2n) is 7.69. The summed E-state index contributed by atoms with van der Waals surface area (Å²) in [6, 6.07) is 5.33. The number of piperazine rings is 1. The zero-order valence-electron chi connectivity index (χ0n) is 15.3. The summed E-state index contributed by atoms with van der Waals surface area (Å²) in [4.78, 5) is 43.3. The molecule has 1 unspecified atom stereocenters. The highest BCUT2D eigenvalue weighted by Crippen LogP contribution is 2.29. The molecular weight excluding hydrogens is 349 g/mol. The summed E-state index contributed by atoms with van der Waals surface area (Å²) in [7, 11) is 0. The average Bonchev–Trinajstić information content (AvgIpc) is 2.83. The van der Waals surface area contributed by atoms with Gasteiger partial charge in [-0.1, -0.05) is 18.6 Å². The summed E-state index contributed by atoms with van der Waals surface area (Å²) >= 11 is 0. The topological polar surface area (TPSA) is 60.9 Å². The number of carbonyl (C=O) groups is 3. The standard InChI is InChI=1S/C20H24FN3O3/c21-16-7-5-14(6-8-16)11-23-13-18(25)24-10-2-9-22(12-17(24)20(23)27)19(26)15-3-1-4-15/h5-8,15,17H,1-4,9-13H2. The van der Waals surface area contributed by atoms with Gasteiger partial charge in [0.1, 0.15) is 18.4 Å². The molecule has 1 aromatic carbocycles. The van der Waals surface area contributed by atoms with Crippen molar-refractivity contribution >= 4 is 17.7 Å². The molecule has 0 aromatic heterocycles. The van der Waals surface area contributed by atoms with Crippen molar-refractivity contribution in [3.05, 3.63) is 35.6 Å². The summed E-state index contributed by atoms with van der Waals surface area (Å²) in [5.74, 6) is -0.341. The summed E-state index contributed by atoms with van der Waals surface area (Å²) in [6.45, 7) is 1.68. The highest BCUT2D eigenvalue weighted by atomic mass is 19.1. The summed E-state index contributed by atoms with van der Waals surface area (Å²) < 4.78 is 13.1. The van der Waals surface area contributed by atoms with E-state index in [-0.39, 0.29) is 49.1 Å². The lowest BCUT2D eigenvalue weighted by molar-refractivity contribution is -0.157. The third-order valence-corrected chi connectivity index (χ3v) is 5.89. The van der Waals surface area contributed by atoms with Crippen molar-refractivity contribution in [1.82, 2.24) is 14.7 Å². The minimum atomic E-state index is -0.613. The van der Waals surface area contributed by atoms with Crippen molar-refractivity contribution in [2.45, 2.75) is 38.3 Å². The number of halogens is 1. The largest absolute Gasteiger partial charge is 0.340 e. The second-order valence-corrected chi connectivity index (χ2v) is 7.69. The van der Waals surface area contributed by atoms with E-state index in [0.717, 1.165) is 24.8 Å². The summed E-state index contributed by atoms with van der Waals surface area (Å²) in [5.41, 5.74) is 0.780. The van der Waals surface area contributed by atoms with E-state index < -0.39 is 6.04 Å². The van der Waals surface area contributed by atoms with Gasteiger partial charge in [0.2, 0.25) is 17.7 Å². The number of nitrogens with zero attached hydrogens (tertiary/aromatic N) is 3. The van der Waals surface area contributed by atoms with Crippen molar-refractivity contribution in [3.63, 3.8) is 0 Å². The van der Waals surface area contributed by atoms with Crippen molar-refractivity contribution in [2.24, 2.45) is 5.92 Å². The molecule has 1 aliphatic carbocycles. The van der Waals surface area contributed by atoms with Crippen LogP contribution in [0.1, 0.15) is 31.2 Å². The Balaban J connectivity index is 1.50. The zero-order chi connectivity index (χ0) is 19.0. The SMILES string of the molecule is O=C(C1CCC1)N1CCCN2C(=O)CN(Cc3ccc(F)cc3)C(=O)C2C1. The maximum absolute atomic E-state index is 13.1. The first-order valence-corrected chi connectivity index (χ1v) is 9.64. The van der Waals surface area contributed by atoms with Gasteiger partial charge >= 0.3 is 0 Å². The fraction of sp³-hybridized carbons (Fsp3) is 0.550. The van der Waals surface area contributed by atoms with Gasteiger partial charge in [0.25, 0.3) is 0 Å². The van der Waals surface area contributed by atoms with E-state index in [1.165, 1.54) is 17.0 Å². The first kappa shape index (κ1) is 17.9. The Kier molecular flexibility index (Phi) is 4.85. The number of carbonyl (C=O) groups excluding carboxylic acids is 3. The van der Waals surface area contributed by atoms with E-state index in [1.807, 2.05) is 0 Å². The van der Waals surface area contributed by atoms with Crippen LogP contribution in [0.3, 0.4) is 0 Å². The van der Waals surface area contributed by atoms with Gasteiger partial charge in [0, 0.05) is 25.6 Å². The van der Waals surface area contributed by atoms with Gasteiger partial charge in [-0.2, -0.15) is 0 Å². The molecule has 1 aromatic rings. The summed E-state index contributed by atoms with van der Waals surface area (Å²) in [6.07, 6.45) is 3.63. The minimum absolute atomic E-state index is 0.0310. The Morgan fingerprint density at radius 3 is 2.48 bits per heavy atom. The minimum Gasteiger partial charge on any atom is -0.340 e. The molecule has 3 aliphatic rings. The molecular formula is C20H24FN3O3. The van der Waals surface area contributed by atoms with Crippen LogP contribution in [0.5, 0.6) is 0 Å². The van der Waals surface area contributed by atoms with E-state index in [0.29, 0.717) is 19.5 Å². The van der Waals surface area contributed by atoms with Gasteiger partial charge < -0.3 is 14.7 Å². The van der Waals surface area contributed by atoms with Gasteiger partial charge in [-0.3, -0.25) is 14.4 Å². The van der Waals surface area contributed by atoms with Gasteiger partial charge in [0.05, 0.1) is 6.54 Å². The number of rotatable bonds is 3. The monoisotopic (exact) mass is 373 g/mol. The predicted molar refractivity (Wildman–Crippen MR) is 95.9 cm³/mol. The molecule has 0 N–H and O–H groups in total. The number of benzene rings is 1. The van der Waals surface area contributed by atoms with Gasteiger partial charge in [0.15, 0.2) is 0 Å². The van der Waals surface area contributed by atoms with E-state index in [9.17, 15) is 18.8 Å². The normalized spacial score (nSPS) is 23.7. The van der Waals surface area contributed by atoms with Crippen LogP contribution in [0.2, 0.25) is 0 Å². The van der Waals surface area contributed by atoms with Crippen LogP contribution < -0.4 is 0 Å². The quantitative estimate of drug-likeness (QED) is 0.805. The lowest BCUT2D eigenvalue weighted by Gasteiger charge is -2.40. The molecule has 7 heteroatoms. The lowest BCUT2D eigenvalue weighted by atomic mass is 9.84. The van der Waals surface area contributed by atoms with Crippen LogP contribution in [0.4, 0.5) is 4.39 Å². The Morgan fingerprint density at radius 1 is 1.07 bits per heavy atom. The van der Waals surface area contributed by atoms with Crippen molar-refractivity contribution in [3.8, 4) is 0 Å². The van der Waals surface area contributed by atoms with Gasteiger partial charge in [-0.25, -0.2) is 4.39 Å². The third-order valence-electron chi connectivity index (χ3n) is 5.89. The molecule has 2 heterocycles. The van der Waals surface area contributed by atoms with Crippen LogP contribution in [0.25, 0.3) is 0 Å². The van der Waals surface area contributed by atoms with Crippen molar-refractivity contribution in [2.75, 3.05) is 26.2 Å². The molecule has 3 amide bonds. The third kappa shape index (κ3) is 3.55. The molecule has 6 nitrogen and oxygen atoms in total. The number of fused-ring (bicyclic) bond motifs is 1. The molecule has 1 atom stereocenters. The first-order chi connectivity index (χ1) is 13.0. The second kappa shape index (κ2) is 7.29. The first-order valence-electron chi connectivity index (χ1n) is 9.64. The number of amides is 3. The number of hydrogen-bond donors (Lipinski definition) is 0. The molecule has 0 radical (unpaired) electrons. The zero-order valence-corrected chi connectivity index (χ0v) is 15.3. The lowest BCUT2D eigenvalue weighted by Crippen LogP contribution is -2.62. The highest BCUT2D eigenvalue weighted by molar-refractivity contribution is 5.95. The van der Waals surface area contributed by atoms with Crippen LogP contribution in [-0.4, -0.2) is 64.6 Å². The Hall–Kier alpha value is -2.44. The maximum atomic E-state index is 13.1. The average molecular weight is 373 g/mol. The smallest absolute Gasteiger partial charge is 0.247 e. The molecule has 27 heavy (non-hydrogen) atoms. The fourth-order valence-electron chi connectivity index (χ4n) is 4.10. The number of hydrogen-bond acceptors (Lipinski definition) is 3. The Labute approximate surface area is 157 Å².